The summed E-state index contributed by atoms with van der Waals surface area (Å²) in [7, 11) is -2.99. The summed E-state index contributed by atoms with van der Waals surface area (Å²) in [6.45, 7) is 2.98. The van der Waals surface area contributed by atoms with Crippen LogP contribution in [0.3, 0.4) is 0 Å². The molecule has 0 amide bonds. The Labute approximate surface area is 141 Å². The predicted octanol–water partition coefficient (Wildman–Crippen LogP) is -0.987. The second-order valence-electron chi connectivity index (χ2n) is 6.83. The third-order valence-corrected chi connectivity index (χ3v) is 6.87. The molecule has 0 radical (unpaired) electrons. The maximum absolute atomic E-state index is 12.0. The third-order valence-electron chi connectivity index (χ3n) is 5.15. The van der Waals surface area contributed by atoms with Gasteiger partial charge in [0.1, 0.15) is 5.82 Å². The summed E-state index contributed by atoms with van der Waals surface area (Å²) in [6, 6.07) is 1.78. The van der Waals surface area contributed by atoms with Crippen LogP contribution in [-0.4, -0.2) is 79.4 Å². The highest BCUT2D eigenvalue weighted by atomic mass is 32.2. The lowest BCUT2D eigenvalue weighted by Crippen LogP contribution is -2.57. The van der Waals surface area contributed by atoms with Gasteiger partial charge in [-0.3, -0.25) is 0 Å². The van der Waals surface area contributed by atoms with Crippen LogP contribution in [0, 0.1) is 0 Å². The third kappa shape index (κ3) is 3.07. The van der Waals surface area contributed by atoms with Gasteiger partial charge >= 0.3 is 0 Å². The number of nitrogens with one attached hydrogen (secondary N) is 1. The number of rotatable bonds is 2. The molecular weight excluding hydrogens is 330 g/mol. The zero-order valence-electron chi connectivity index (χ0n) is 13.5. The van der Waals surface area contributed by atoms with Crippen LogP contribution in [0.2, 0.25) is 0 Å². The Morgan fingerprint density at radius 2 is 2.00 bits per heavy atom. The lowest BCUT2D eigenvalue weighted by molar-refractivity contribution is 0.145. The Hall–Kier alpha value is -1.45. The number of sulfone groups is 1. The van der Waals surface area contributed by atoms with E-state index in [1.165, 1.54) is 0 Å². The minimum Gasteiger partial charge on any atom is -0.393 e. The van der Waals surface area contributed by atoms with Crippen molar-refractivity contribution >= 4 is 21.6 Å². The van der Waals surface area contributed by atoms with Gasteiger partial charge in [-0.25, -0.2) is 13.4 Å². The van der Waals surface area contributed by atoms with Crippen LogP contribution in [0.25, 0.3) is 0 Å². The number of fused-ring (bicyclic) bond motifs is 1. The SMILES string of the molecule is O=S1(=O)CC2NCCN(c3ccnc(N4CCC(O)CC4)n3)C2C1. The molecule has 0 spiro atoms. The maximum Gasteiger partial charge on any atom is 0.227 e. The van der Waals surface area contributed by atoms with Gasteiger partial charge in [-0.05, 0) is 18.9 Å². The molecule has 0 aromatic carbocycles. The lowest BCUT2D eigenvalue weighted by Gasteiger charge is -2.38. The van der Waals surface area contributed by atoms with Crippen LogP contribution >= 0.6 is 0 Å². The molecule has 8 nitrogen and oxygen atoms in total. The first-order valence-electron chi connectivity index (χ1n) is 8.48. The summed E-state index contributed by atoms with van der Waals surface area (Å²) in [4.78, 5) is 13.3. The normalized spacial score (nSPS) is 30.4. The fraction of sp³-hybridized carbons (Fsp3) is 0.733. The second-order valence-corrected chi connectivity index (χ2v) is 8.99. The minimum atomic E-state index is -2.99. The van der Waals surface area contributed by atoms with Crippen LogP contribution in [0.1, 0.15) is 12.8 Å². The van der Waals surface area contributed by atoms with E-state index in [1.54, 1.807) is 6.20 Å². The number of hydrogen-bond acceptors (Lipinski definition) is 8. The Kier molecular flexibility index (Phi) is 4.09. The van der Waals surface area contributed by atoms with E-state index in [0.29, 0.717) is 5.95 Å². The highest BCUT2D eigenvalue weighted by Crippen LogP contribution is 2.27. The van der Waals surface area contributed by atoms with E-state index in [0.717, 1.165) is 44.8 Å². The van der Waals surface area contributed by atoms with Crippen LogP contribution < -0.4 is 15.1 Å². The van der Waals surface area contributed by atoms with Crippen molar-refractivity contribution < 1.29 is 13.5 Å². The number of aliphatic hydroxyl groups excluding tert-OH is 1. The highest BCUT2D eigenvalue weighted by Gasteiger charge is 2.43. The summed E-state index contributed by atoms with van der Waals surface area (Å²) in [5, 5.41) is 13.0. The van der Waals surface area contributed by atoms with Crippen molar-refractivity contribution in [2.24, 2.45) is 0 Å². The molecule has 9 heteroatoms. The standard InChI is InChI=1S/C15H23N5O3S/c21-11-2-6-19(7-3-11)15-17-4-1-14(18-15)20-8-5-16-12-9-24(22,23)10-13(12)20/h1,4,11-13,16,21H,2-3,5-10H2. The van der Waals surface area contributed by atoms with E-state index in [9.17, 15) is 13.5 Å². The van der Waals surface area contributed by atoms with Crippen molar-refractivity contribution in [3.8, 4) is 0 Å². The first kappa shape index (κ1) is 16.0. The van der Waals surface area contributed by atoms with Crippen LogP contribution in [0.4, 0.5) is 11.8 Å². The molecular formula is C15H23N5O3S. The minimum absolute atomic E-state index is 0.0210. The van der Waals surface area contributed by atoms with E-state index in [4.69, 9.17) is 0 Å². The number of hydrogen-bond donors (Lipinski definition) is 2. The molecule has 3 aliphatic rings. The first-order valence-corrected chi connectivity index (χ1v) is 10.3. The molecule has 132 valence electrons. The molecule has 3 fully saturated rings. The first-order chi connectivity index (χ1) is 11.5. The molecule has 24 heavy (non-hydrogen) atoms. The van der Waals surface area contributed by atoms with E-state index < -0.39 is 9.84 Å². The van der Waals surface area contributed by atoms with E-state index >= 15 is 0 Å². The molecule has 3 aliphatic heterocycles. The molecule has 0 bridgehead atoms. The topological polar surface area (TPSA) is 98.7 Å². The molecule has 1 aromatic rings. The average Bonchev–Trinajstić information content (AvgIpc) is 2.89. The van der Waals surface area contributed by atoms with Gasteiger partial charge in [-0.15, -0.1) is 0 Å². The zero-order valence-corrected chi connectivity index (χ0v) is 14.3. The summed E-state index contributed by atoms with van der Waals surface area (Å²) >= 11 is 0. The zero-order chi connectivity index (χ0) is 16.7. The van der Waals surface area contributed by atoms with Crippen molar-refractivity contribution in [1.29, 1.82) is 0 Å². The number of anilines is 2. The van der Waals surface area contributed by atoms with Gasteiger partial charge < -0.3 is 20.2 Å². The van der Waals surface area contributed by atoms with Crippen molar-refractivity contribution in [2.45, 2.75) is 31.0 Å². The van der Waals surface area contributed by atoms with Gasteiger partial charge in [0, 0.05) is 38.4 Å². The summed E-state index contributed by atoms with van der Waals surface area (Å²) < 4.78 is 24.0. The Bertz CT molecular complexity index is 705. The number of aliphatic hydroxyl groups is 1. The number of piperidine rings is 1. The quantitative estimate of drug-likeness (QED) is 0.700. The van der Waals surface area contributed by atoms with Crippen molar-refractivity contribution in [3.05, 3.63) is 12.3 Å². The van der Waals surface area contributed by atoms with Crippen LogP contribution in [-0.2, 0) is 9.84 Å². The molecule has 2 unspecified atom stereocenters. The Morgan fingerprint density at radius 1 is 1.21 bits per heavy atom. The van der Waals surface area contributed by atoms with Crippen molar-refractivity contribution in [1.82, 2.24) is 15.3 Å². The van der Waals surface area contributed by atoms with Crippen LogP contribution in [0.15, 0.2) is 12.3 Å². The van der Waals surface area contributed by atoms with E-state index in [-0.39, 0.29) is 29.7 Å². The van der Waals surface area contributed by atoms with Crippen molar-refractivity contribution in [3.63, 3.8) is 0 Å². The maximum atomic E-state index is 12.0. The highest BCUT2D eigenvalue weighted by molar-refractivity contribution is 7.91. The fourth-order valence-electron chi connectivity index (χ4n) is 3.87. The molecule has 0 saturated carbocycles. The molecule has 3 saturated heterocycles. The molecule has 4 heterocycles. The number of piperazine rings is 1. The summed E-state index contributed by atoms with van der Waals surface area (Å²) in [6.07, 6.45) is 2.96. The number of aromatic nitrogens is 2. The van der Waals surface area contributed by atoms with Gasteiger partial charge in [0.05, 0.1) is 23.7 Å². The van der Waals surface area contributed by atoms with Gasteiger partial charge in [0.2, 0.25) is 5.95 Å². The summed E-state index contributed by atoms with van der Waals surface area (Å²) in [5.74, 6) is 1.84. The molecule has 0 aliphatic carbocycles. The second kappa shape index (κ2) is 6.12. The van der Waals surface area contributed by atoms with Gasteiger partial charge in [-0.1, -0.05) is 0 Å². The monoisotopic (exact) mass is 353 g/mol. The molecule has 2 N–H and O–H groups in total. The van der Waals surface area contributed by atoms with E-state index in [2.05, 4.69) is 25.1 Å². The largest absolute Gasteiger partial charge is 0.393 e. The molecule has 2 atom stereocenters. The predicted molar refractivity (Wildman–Crippen MR) is 91.1 cm³/mol. The van der Waals surface area contributed by atoms with E-state index in [1.807, 2.05) is 6.07 Å². The van der Waals surface area contributed by atoms with Gasteiger partial charge in [-0.2, -0.15) is 4.98 Å². The smallest absolute Gasteiger partial charge is 0.227 e. The Morgan fingerprint density at radius 3 is 2.79 bits per heavy atom. The fourth-order valence-corrected chi connectivity index (χ4v) is 5.83. The number of nitrogens with zero attached hydrogens (tertiary/aromatic N) is 4. The average molecular weight is 353 g/mol. The lowest BCUT2D eigenvalue weighted by atomic mass is 10.1. The summed E-state index contributed by atoms with van der Waals surface area (Å²) in [5.41, 5.74) is 0. The van der Waals surface area contributed by atoms with Gasteiger partial charge in [0.25, 0.3) is 0 Å². The molecule has 1 aromatic heterocycles. The molecule has 4 rings (SSSR count). The Balaban J connectivity index is 1.57. The van der Waals surface area contributed by atoms with Crippen LogP contribution in [0.5, 0.6) is 0 Å². The van der Waals surface area contributed by atoms with Crippen molar-refractivity contribution in [2.75, 3.05) is 47.5 Å². The van der Waals surface area contributed by atoms with Gasteiger partial charge in [0.15, 0.2) is 9.84 Å².